The fourth-order valence-electron chi connectivity index (χ4n) is 3.58. The number of hydrogen-bond acceptors (Lipinski definition) is 4. The first-order valence-corrected chi connectivity index (χ1v) is 10.1. The SMILES string of the molecule is COc1cccc(NC(=O)NN)c1COc1ccc(-c2cc(C)c(C)cc2C)cc1C. The molecule has 0 heterocycles. The van der Waals surface area contributed by atoms with E-state index in [9.17, 15) is 4.79 Å². The van der Waals surface area contributed by atoms with Gasteiger partial charge in [0.1, 0.15) is 18.1 Å². The van der Waals surface area contributed by atoms with E-state index in [4.69, 9.17) is 15.3 Å². The largest absolute Gasteiger partial charge is 0.496 e. The number of ether oxygens (including phenoxy) is 2. The molecule has 0 saturated heterocycles. The molecular formula is C25H29N3O3. The van der Waals surface area contributed by atoms with Crippen molar-refractivity contribution in [3.63, 3.8) is 0 Å². The molecule has 0 aromatic heterocycles. The van der Waals surface area contributed by atoms with Gasteiger partial charge in [-0.15, -0.1) is 0 Å². The summed E-state index contributed by atoms with van der Waals surface area (Å²) in [6.45, 7) is 8.65. The molecule has 0 aliphatic heterocycles. The zero-order valence-corrected chi connectivity index (χ0v) is 18.6. The number of anilines is 1. The van der Waals surface area contributed by atoms with Gasteiger partial charge in [-0.2, -0.15) is 0 Å². The Morgan fingerprint density at radius 3 is 2.32 bits per heavy atom. The molecule has 0 unspecified atom stereocenters. The van der Waals surface area contributed by atoms with E-state index in [1.807, 2.05) is 19.1 Å². The maximum absolute atomic E-state index is 11.7. The van der Waals surface area contributed by atoms with Gasteiger partial charge in [-0.3, -0.25) is 5.43 Å². The molecule has 2 amide bonds. The lowest BCUT2D eigenvalue weighted by molar-refractivity contribution is 0.252. The maximum atomic E-state index is 11.7. The van der Waals surface area contributed by atoms with E-state index >= 15 is 0 Å². The van der Waals surface area contributed by atoms with Crippen molar-refractivity contribution in [1.29, 1.82) is 0 Å². The Balaban J connectivity index is 1.85. The molecular weight excluding hydrogens is 390 g/mol. The van der Waals surface area contributed by atoms with Crippen molar-refractivity contribution < 1.29 is 14.3 Å². The van der Waals surface area contributed by atoms with Crippen LogP contribution in [0.4, 0.5) is 10.5 Å². The fourth-order valence-corrected chi connectivity index (χ4v) is 3.58. The van der Waals surface area contributed by atoms with Gasteiger partial charge in [-0.05, 0) is 85.3 Å². The number of nitrogens with two attached hydrogens (primary N) is 1. The van der Waals surface area contributed by atoms with Crippen LogP contribution >= 0.6 is 0 Å². The van der Waals surface area contributed by atoms with Crippen LogP contribution in [0.15, 0.2) is 48.5 Å². The topological polar surface area (TPSA) is 85.6 Å². The molecule has 3 rings (SSSR count). The van der Waals surface area contributed by atoms with Gasteiger partial charge in [0.2, 0.25) is 0 Å². The van der Waals surface area contributed by atoms with Gasteiger partial charge in [0.05, 0.1) is 18.4 Å². The van der Waals surface area contributed by atoms with Crippen LogP contribution in [0.5, 0.6) is 11.5 Å². The Morgan fingerprint density at radius 1 is 0.903 bits per heavy atom. The number of hydrogen-bond donors (Lipinski definition) is 3. The summed E-state index contributed by atoms with van der Waals surface area (Å²) in [6, 6.07) is 15.5. The van der Waals surface area contributed by atoms with Gasteiger partial charge in [0.15, 0.2) is 0 Å². The number of amides is 2. The van der Waals surface area contributed by atoms with E-state index in [-0.39, 0.29) is 6.61 Å². The number of hydrazine groups is 1. The molecule has 6 nitrogen and oxygen atoms in total. The molecule has 0 atom stereocenters. The molecule has 0 aliphatic rings. The summed E-state index contributed by atoms with van der Waals surface area (Å²) in [5.41, 5.74) is 10.6. The quantitative estimate of drug-likeness (QED) is 0.292. The predicted octanol–water partition coefficient (Wildman–Crippen LogP) is 5.17. The van der Waals surface area contributed by atoms with Crippen molar-refractivity contribution >= 4 is 11.7 Å². The average molecular weight is 420 g/mol. The van der Waals surface area contributed by atoms with E-state index in [1.165, 1.54) is 22.3 Å². The van der Waals surface area contributed by atoms with E-state index in [2.05, 4.69) is 55.8 Å². The van der Waals surface area contributed by atoms with Crippen molar-refractivity contribution in [2.24, 2.45) is 5.84 Å². The molecule has 0 bridgehead atoms. The van der Waals surface area contributed by atoms with Crippen molar-refractivity contribution in [1.82, 2.24) is 5.43 Å². The summed E-state index contributed by atoms with van der Waals surface area (Å²) in [5.74, 6) is 6.58. The highest BCUT2D eigenvalue weighted by atomic mass is 16.5. The zero-order valence-electron chi connectivity index (χ0n) is 18.6. The van der Waals surface area contributed by atoms with Crippen LogP contribution in [0.2, 0.25) is 0 Å². The van der Waals surface area contributed by atoms with E-state index in [0.717, 1.165) is 22.4 Å². The van der Waals surface area contributed by atoms with E-state index in [0.29, 0.717) is 11.4 Å². The van der Waals surface area contributed by atoms with E-state index < -0.39 is 6.03 Å². The Morgan fingerprint density at radius 2 is 1.65 bits per heavy atom. The molecule has 0 spiro atoms. The second kappa shape index (κ2) is 9.53. The van der Waals surface area contributed by atoms with Crippen molar-refractivity contribution in [3.05, 3.63) is 76.3 Å². The Kier molecular flexibility index (Phi) is 6.82. The molecule has 0 radical (unpaired) electrons. The number of methoxy groups -OCH3 is 1. The summed E-state index contributed by atoms with van der Waals surface area (Å²) in [7, 11) is 1.58. The second-order valence-electron chi connectivity index (χ2n) is 7.61. The average Bonchev–Trinajstić information content (AvgIpc) is 2.75. The highest BCUT2D eigenvalue weighted by Crippen LogP contribution is 2.32. The summed E-state index contributed by atoms with van der Waals surface area (Å²) in [4.78, 5) is 11.7. The summed E-state index contributed by atoms with van der Waals surface area (Å²) < 4.78 is 11.6. The summed E-state index contributed by atoms with van der Waals surface area (Å²) >= 11 is 0. The molecule has 0 aliphatic carbocycles. The molecule has 31 heavy (non-hydrogen) atoms. The fraction of sp³-hybridized carbons (Fsp3) is 0.240. The van der Waals surface area contributed by atoms with Crippen LogP contribution in [0.3, 0.4) is 0 Å². The second-order valence-corrected chi connectivity index (χ2v) is 7.61. The number of carbonyl (C=O) groups excluding carboxylic acids is 1. The number of aryl methyl sites for hydroxylation is 4. The molecule has 3 aromatic rings. The van der Waals surface area contributed by atoms with Crippen molar-refractivity contribution in [3.8, 4) is 22.6 Å². The standard InChI is InChI=1S/C25H29N3O3/c1-15-11-17(3)20(13-16(15)2)19-9-10-23(18(4)12-19)31-14-21-22(27-25(29)28-26)7-6-8-24(21)30-5/h6-13H,14,26H2,1-5H3,(H2,27,28,29). The Hall–Kier alpha value is -3.51. The first-order valence-electron chi connectivity index (χ1n) is 10.1. The van der Waals surface area contributed by atoms with Crippen LogP contribution < -0.4 is 26.1 Å². The minimum atomic E-state index is -0.515. The van der Waals surface area contributed by atoms with Crippen LogP contribution in [0.1, 0.15) is 27.8 Å². The minimum absolute atomic E-state index is 0.229. The number of nitrogens with one attached hydrogen (secondary N) is 2. The number of rotatable bonds is 6. The number of benzene rings is 3. The monoisotopic (exact) mass is 419 g/mol. The van der Waals surface area contributed by atoms with Gasteiger partial charge < -0.3 is 14.8 Å². The van der Waals surface area contributed by atoms with Crippen molar-refractivity contribution in [2.75, 3.05) is 12.4 Å². The third kappa shape index (κ3) is 4.98. The maximum Gasteiger partial charge on any atom is 0.333 e. The lowest BCUT2D eigenvalue weighted by Gasteiger charge is -2.17. The molecule has 162 valence electrons. The third-order valence-electron chi connectivity index (χ3n) is 5.43. The third-order valence-corrected chi connectivity index (χ3v) is 5.43. The number of carbonyl (C=O) groups is 1. The Bertz CT molecular complexity index is 1110. The molecule has 0 fully saturated rings. The normalized spacial score (nSPS) is 10.5. The molecule has 6 heteroatoms. The Labute approximate surface area is 183 Å². The lowest BCUT2D eigenvalue weighted by Crippen LogP contribution is -2.34. The number of urea groups is 1. The lowest BCUT2D eigenvalue weighted by atomic mass is 9.94. The van der Waals surface area contributed by atoms with Gasteiger partial charge >= 0.3 is 6.03 Å². The molecule has 3 aromatic carbocycles. The highest BCUT2D eigenvalue weighted by Gasteiger charge is 2.13. The first kappa shape index (κ1) is 22.2. The minimum Gasteiger partial charge on any atom is -0.496 e. The van der Waals surface area contributed by atoms with Crippen LogP contribution in [0.25, 0.3) is 11.1 Å². The zero-order chi connectivity index (χ0) is 22.5. The van der Waals surface area contributed by atoms with Gasteiger partial charge in [0, 0.05) is 0 Å². The van der Waals surface area contributed by atoms with Crippen LogP contribution in [-0.4, -0.2) is 13.1 Å². The molecule has 0 saturated carbocycles. The van der Waals surface area contributed by atoms with Crippen LogP contribution in [0, 0.1) is 27.7 Å². The van der Waals surface area contributed by atoms with Crippen molar-refractivity contribution in [2.45, 2.75) is 34.3 Å². The summed E-state index contributed by atoms with van der Waals surface area (Å²) in [5, 5.41) is 2.70. The first-order chi connectivity index (χ1) is 14.8. The predicted molar refractivity (Wildman–Crippen MR) is 124 cm³/mol. The van der Waals surface area contributed by atoms with Gasteiger partial charge in [0.25, 0.3) is 0 Å². The highest BCUT2D eigenvalue weighted by molar-refractivity contribution is 5.90. The smallest absolute Gasteiger partial charge is 0.333 e. The van der Waals surface area contributed by atoms with E-state index in [1.54, 1.807) is 19.2 Å². The van der Waals surface area contributed by atoms with Crippen LogP contribution in [-0.2, 0) is 6.61 Å². The van der Waals surface area contributed by atoms with Gasteiger partial charge in [-0.25, -0.2) is 10.6 Å². The van der Waals surface area contributed by atoms with Gasteiger partial charge in [-0.1, -0.05) is 24.3 Å². The summed E-state index contributed by atoms with van der Waals surface area (Å²) in [6.07, 6.45) is 0. The molecule has 4 N–H and O–H groups in total.